The van der Waals surface area contributed by atoms with E-state index in [1.807, 2.05) is 0 Å². The lowest BCUT2D eigenvalue weighted by molar-refractivity contribution is -0.136. The molecule has 0 aliphatic carbocycles. The van der Waals surface area contributed by atoms with Crippen molar-refractivity contribution in [2.75, 3.05) is 11.9 Å². The number of aromatic hydroxyl groups is 1. The first-order chi connectivity index (χ1) is 11.3. The van der Waals surface area contributed by atoms with Crippen molar-refractivity contribution in [1.29, 1.82) is 0 Å². The highest BCUT2D eigenvalue weighted by atomic mass is 35.5. The number of carboxylic acids is 1. The fourth-order valence-electron chi connectivity index (χ4n) is 1.89. The maximum Gasteiger partial charge on any atom is 0.307 e. The molecule has 0 heterocycles. The highest BCUT2D eigenvalue weighted by Crippen LogP contribution is 2.28. The van der Waals surface area contributed by atoms with Gasteiger partial charge in [0, 0.05) is 5.02 Å². The predicted molar refractivity (Wildman–Crippen MR) is 90.0 cm³/mol. The third-order valence-corrected chi connectivity index (χ3v) is 3.47. The molecule has 0 saturated heterocycles. The largest absolute Gasteiger partial charge is 0.506 e. The third-order valence-electron chi connectivity index (χ3n) is 2.94. The van der Waals surface area contributed by atoms with E-state index >= 15 is 0 Å². The number of phenols is 1. The van der Waals surface area contributed by atoms with Crippen LogP contribution < -0.4 is 10.1 Å². The van der Waals surface area contributed by atoms with Crippen LogP contribution in [-0.2, 0) is 16.0 Å². The maximum absolute atomic E-state index is 11.9. The molecule has 0 aliphatic rings. The Bertz CT molecular complexity index is 779. The Balaban J connectivity index is 2.00. The van der Waals surface area contributed by atoms with E-state index in [9.17, 15) is 14.7 Å². The van der Waals surface area contributed by atoms with Crippen LogP contribution in [-0.4, -0.2) is 28.7 Å². The lowest BCUT2D eigenvalue weighted by atomic mass is 10.1. The molecule has 24 heavy (non-hydrogen) atoms. The van der Waals surface area contributed by atoms with Gasteiger partial charge in [0.15, 0.2) is 6.61 Å². The topological polar surface area (TPSA) is 95.9 Å². The molecule has 1 amide bonds. The van der Waals surface area contributed by atoms with E-state index in [4.69, 9.17) is 33.0 Å². The Hall–Kier alpha value is -2.44. The molecule has 0 spiro atoms. The summed E-state index contributed by atoms with van der Waals surface area (Å²) in [6.45, 7) is -0.343. The van der Waals surface area contributed by atoms with Gasteiger partial charge in [-0.05, 0) is 35.9 Å². The van der Waals surface area contributed by atoms with E-state index in [1.54, 1.807) is 6.07 Å². The number of aliphatic carboxylic acids is 1. The average molecular weight is 370 g/mol. The number of rotatable bonds is 6. The fraction of sp³-hybridized carbons (Fsp3) is 0.125. The highest BCUT2D eigenvalue weighted by Gasteiger charge is 2.11. The molecule has 8 heteroatoms. The molecule has 3 N–H and O–H groups in total. The first kappa shape index (κ1) is 17.9. The van der Waals surface area contributed by atoms with Gasteiger partial charge in [0.05, 0.1) is 17.1 Å². The van der Waals surface area contributed by atoms with E-state index in [0.717, 1.165) is 0 Å². The van der Waals surface area contributed by atoms with Crippen molar-refractivity contribution < 1.29 is 24.5 Å². The zero-order valence-electron chi connectivity index (χ0n) is 12.3. The molecular formula is C16H13Cl2NO5. The van der Waals surface area contributed by atoms with Crippen LogP contribution in [0.3, 0.4) is 0 Å². The number of hydrogen-bond donors (Lipinski definition) is 3. The second-order valence-corrected chi connectivity index (χ2v) is 5.68. The molecule has 0 fully saturated rings. The zero-order chi connectivity index (χ0) is 17.7. The minimum atomic E-state index is -1.02. The number of carbonyl (C=O) groups is 2. The van der Waals surface area contributed by atoms with E-state index in [-0.39, 0.29) is 29.5 Å². The van der Waals surface area contributed by atoms with Crippen molar-refractivity contribution >= 4 is 40.8 Å². The molecule has 2 aromatic rings. The van der Waals surface area contributed by atoms with Crippen LogP contribution >= 0.6 is 23.2 Å². The molecule has 0 aliphatic heterocycles. The smallest absolute Gasteiger partial charge is 0.307 e. The number of anilines is 1. The minimum absolute atomic E-state index is 0.101. The summed E-state index contributed by atoms with van der Waals surface area (Å²) < 4.78 is 5.28. The predicted octanol–water partition coefficient (Wildman–Crippen LogP) is 3.34. The molecular weight excluding hydrogens is 357 g/mol. The molecule has 0 radical (unpaired) electrons. The van der Waals surface area contributed by atoms with Gasteiger partial charge in [-0.3, -0.25) is 9.59 Å². The number of nitrogens with one attached hydrogen (secondary N) is 1. The zero-order valence-corrected chi connectivity index (χ0v) is 13.8. The number of ether oxygens (including phenoxy) is 1. The van der Waals surface area contributed by atoms with Crippen LogP contribution in [0.25, 0.3) is 0 Å². The van der Waals surface area contributed by atoms with Gasteiger partial charge < -0.3 is 20.3 Å². The van der Waals surface area contributed by atoms with Crippen LogP contribution in [0.5, 0.6) is 11.5 Å². The molecule has 2 rings (SSSR count). The third kappa shape index (κ3) is 5.04. The first-order valence-corrected chi connectivity index (χ1v) is 7.52. The lowest BCUT2D eigenvalue weighted by Crippen LogP contribution is -2.20. The van der Waals surface area contributed by atoms with Crippen LogP contribution in [0.4, 0.5) is 5.69 Å². The van der Waals surface area contributed by atoms with Gasteiger partial charge in [-0.2, -0.15) is 0 Å². The number of phenolic OH excluding ortho intramolecular Hbond substituents is 1. The van der Waals surface area contributed by atoms with Gasteiger partial charge in [-0.1, -0.05) is 29.3 Å². The monoisotopic (exact) mass is 369 g/mol. The molecule has 2 aromatic carbocycles. The number of halogens is 2. The number of hydrogen-bond acceptors (Lipinski definition) is 4. The Morgan fingerprint density at radius 1 is 1.12 bits per heavy atom. The van der Waals surface area contributed by atoms with Crippen molar-refractivity contribution in [2.45, 2.75) is 6.42 Å². The molecule has 0 bridgehead atoms. The van der Waals surface area contributed by atoms with Gasteiger partial charge in [-0.15, -0.1) is 0 Å². The van der Waals surface area contributed by atoms with Crippen LogP contribution in [0, 0.1) is 0 Å². The summed E-state index contributed by atoms with van der Waals surface area (Å²) in [5.41, 5.74) is 0.543. The van der Waals surface area contributed by atoms with Gasteiger partial charge in [-0.25, -0.2) is 0 Å². The van der Waals surface area contributed by atoms with E-state index in [1.165, 1.54) is 30.3 Å². The summed E-state index contributed by atoms with van der Waals surface area (Å²) >= 11 is 11.7. The second kappa shape index (κ2) is 7.90. The Labute approximate surface area is 147 Å². The summed E-state index contributed by atoms with van der Waals surface area (Å²) in [5.74, 6) is -1.44. The van der Waals surface area contributed by atoms with Crippen molar-refractivity contribution in [1.82, 2.24) is 0 Å². The number of carbonyl (C=O) groups excluding carboxylic acids is 1. The molecule has 6 nitrogen and oxygen atoms in total. The van der Waals surface area contributed by atoms with Gasteiger partial charge >= 0.3 is 5.97 Å². The van der Waals surface area contributed by atoms with E-state index < -0.39 is 11.9 Å². The summed E-state index contributed by atoms with van der Waals surface area (Å²) in [5, 5.41) is 21.7. The van der Waals surface area contributed by atoms with Crippen LogP contribution in [0.15, 0.2) is 36.4 Å². The summed E-state index contributed by atoms with van der Waals surface area (Å²) in [7, 11) is 0. The standard InChI is InChI=1S/C16H13Cl2NO5/c17-10-2-4-14(11(18)7-10)24-8-15(21)19-12-5-9(6-16(22)23)1-3-13(12)20/h1-5,7,20H,6,8H2,(H,19,21)(H,22,23). The normalized spacial score (nSPS) is 10.2. The number of carboxylic acid groups (broad SMARTS) is 1. The molecule has 0 atom stereocenters. The van der Waals surface area contributed by atoms with Crippen LogP contribution in [0.1, 0.15) is 5.56 Å². The number of benzene rings is 2. The Kier molecular flexibility index (Phi) is 5.89. The highest BCUT2D eigenvalue weighted by molar-refractivity contribution is 6.35. The quantitative estimate of drug-likeness (QED) is 0.678. The summed E-state index contributed by atoms with van der Waals surface area (Å²) in [4.78, 5) is 22.6. The second-order valence-electron chi connectivity index (χ2n) is 4.83. The summed E-state index contributed by atoms with van der Waals surface area (Å²) in [6, 6.07) is 8.74. The van der Waals surface area contributed by atoms with Crippen molar-refractivity contribution in [3.63, 3.8) is 0 Å². The average Bonchev–Trinajstić information content (AvgIpc) is 2.49. The summed E-state index contributed by atoms with van der Waals surface area (Å²) in [6.07, 6.45) is -0.222. The SMILES string of the molecule is O=C(O)Cc1ccc(O)c(NC(=O)COc2ccc(Cl)cc2Cl)c1. The molecule has 0 saturated carbocycles. The van der Waals surface area contributed by atoms with Gasteiger partial charge in [0.1, 0.15) is 11.5 Å². The van der Waals surface area contributed by atoms with E-state index in [0.29, 0.717) is 16.3 Å². The number of amides is 1. The van der Waals surface area contributed by atoms with Crippen LogP contribution in [0.2, 0.25) is 10.0 Å². The Morgan fingerprint density at radius 2 is 1.88 bits per heavy atom. The Morgan fingerprint density at radius 3 is 2.54 bits per heavy atom. The van der Waals surface area contributed by atoms with E-state index in [2.05, 4.69) is 5.32 Å². The molecule has 0 aromatic heterocycles. The van der Waals surface area contributed by atoms with Crippen molar-refractivity contribution in [3.8, 4) is 11.5 Å². The first-order valence-electron chi connectivity index (χ1n) is 6.76. The maximum atomic E-state index is 11.9. The molecule has 126 valence electrons. The minimum Gasteiger partial charge on any atom is -0.506 e. The fourth-order valence-corrected chi connectivity index (χ4v) is 2.35. The van der Waals surface area contributed by atoms with Crippen molar-refractivity contribution in [2.24, 2.45) is 0 Å². The van der Waals surface area contributed by atoms with Crippen molar-refractivity contribution in [3.05, 3.63) is 52.0 Å². The lowest BCUT2D eigenvalue weighted by Gasteiger charge is -2.11. The van der Waals surface area contributed by atoms with Gasteiger partial charge in [0.25, 0.3) is 5.91 Å². The molecule has 0 unspecified atom stereocenters. The van der Waals surface area contributed by atoms with Gasteiger partial charge in [0.2, 0.25) is 0 Å².